The summed E-state index contributed by atoms with van der Waals surface area (Å²) >= 11 is 1.74. The van der Waals surface area contributed by atoms with Gasteiger partial charge in [-0.2, -0.15) is 0 Å². The van der Waals surface area contributed by atoms with Crippen LogP contribution in [0.3, 0.4) is 0 Å². The normalized spacial score (nSPS) is 31.9. The molecule has 0 radical (unpaired) electrons. The minimum atomic E-state index is -0.238. The molecule has 2 aliphatic rings. The summed E-state index contributed by atoms with van der Waals surface area (Å²) in [5.41, 5.74) is 0.144. The van der Waals surface area contributed by atoms with Crippen LogP contribution in [-0.2, 0) is 14.3 Å². The highest BCUT2D eigenvalue weighted by molar-refractivity contribution is 8.14. The molecule has 0 amide bonds. The molecule has 2 aliphatic heterocycles. The van der Waals surface area contributed by atoms with Crippen molar-refractivity contribution in [2.75, 3.05) is 6.61 Å². The van der Waals surface area contributed by atoms with Gasteiger partial charge in [-0.1, -0.05) is 25.1 Å². The number of rotatable bonds is 4. The van der Waals surface area contributed by atoms with Crippen molar-refractivity contribution in [3.8, 4) is 0 Å². The maximum atomic E-state index is 10.7. The van der Waals surface area contributed by atoms with Crippen LogP contribution >= 0.6 is 11.8 Å². The van der Waals surface area contributed by atoms with Crippen molar-refractivity contribution in [2.45, 2.75) is 57.1 Å². The Hall–Kier alpha value is -0.550. The van der Waals surface area contributed by atoms with E-state index in [0.717, 1.165) is 25.7 Å². The van der Waals surface area contributed by atoms with E-state index in [2.05, 4.69) is 11.9 Å². The van der Waals surface area contributed by atoms with Crippen LogP contribution in [0.2, 0.25) is 0 Å². The number of carbonyl (C=O) groups is 1. The monoisotopic (exact) mass is 257 g/mol. The topological polar surface area (TPSA) is 47.9 Å². The van der Waals surface area contributed by atoms with Crippen LogP contribution in [0.25, 0.3) is 0 Å². The van der Waals surface area contributed by atoms with Gasteiger partial charge in [0, 0.05) is 6.92 Å². The number of carbonyl (C=O) groups excluding carboxylic acids is 1. The van der Waals surface area contributed by atoms with Gasteiger partial charge in [-0.05, 0) is 19.3 Å². The summed E-state index contributed by atoms with van der Waals surface area (Å²) in [6.45, 7) is 3.97. The average molecular weight is 257 g/mol. The molecule has 1 fully saturated rings. The molecule has 1 saturated heterocycles. The molecule has 0 saturated carbocycles. The summed E-state index contributed by atoms with van der Waals surface area (Å²) in [5.74, 6) is -0.238. The molecule has 2 heterocycles. The zero-order chi connectivity index (χ0) is 12.3. The third-order valence-corrected chi connectivity index (χ3v) is 4.16. The molecule has 4 nitrogen and oxygen atoms in total. The van der Waals surface area contributed by atoms with E-state index in [4.69, 9.17) is 9.47 Å². The third kappa shape index (κ3) is 3.45. The van der Waals surface area contributed by atoms with Gasteiger partial charge in [-0.25, -0.2) is 0 Å². The smallest absolute Gasteiger partial charge is 0.302 e. The van der Waals surface area contributed by atoms with Crippen LogP contribution in [0, 0.1) is 0 Å². The van der Waals surface area contributed by atoms with Gasteiger partial charge < -0.3 is 9.47 Å². The Kier molecular flexibility index (Phi) is 4.45. The molecule has 0 bridgehead atoms. The zero-order valence-corrected chi connectivity index (χ0v) is 11.2. The summed E-state index contributed by atoms with van der Waals surface area (Å²) in [6.07, 6.45) is 4.19. The van der Waals surface area contributed by atoms with E-state index in [1.54, 1.807) is 11.8 Å². The molecular formula is C12H19NO3S. The maximum Gasteiger partial charge on any atom is 0.302 e. The van der Waals surface area contributed by atoms with Gasteiger partial charge in [0.15, 0.2) is 0 Å². The first-order valence-electron chi connectivity index (χ1n) is 6.21. The predicted molar refractivity (Wildman–Crippen MR) is 68.3 cm³/mol. The van der Waals surface area contributed by atoms with Gasteiger partial charge in [-0.15, -0.1) is 0 Å². The molecule has 96 valence electrons. The number of ether oxygens (including phenoxy) is 2. The van der Waals surface area contributed by atoms with Gasteiger partial charge in [0.2, 0.25) is 0 Å². The fraction of sp³-hybridized carbons (Fsp3) is 0.833. The van der Waals surface area contributed by atoms with Crippen molar-refractivity contribution >= 4 is 22.8 Å². The molecule has 2 rings (SSSR count). The minimum Gasteiger partial charge on any atom is -0.463 e. The quantitative estimate of drug-likeness (QED) is 0.725. The summed E-state index contributed by atoms with van der Waals surface area (Å²) in [6, 6.07) is 0.315. The first-order valence-corrected chi connectivity index (χ1v) is 7.09. The largest absolute Gasteiger partial charge is 0.463 e. The van der Waals surface area contributed by atoms with E-state index in [1.165, 1.54) is 12.0 Å². The van der Waals surface area contributed by atoms with Crippen molar-refractivity contribution in [3.63, 3.8) is 0 Å². The molecule has 3 atom stereocenters. The molecule has 17 heavy (non-hydrogen) atoms. The Balaban J connectivity index is 1.80. The Bertz CT molecular complexity index is 319. The van der Waals surface area contributed by atoms with E-state index >= 15 is 0 Å². The fourth-order valence-corrected chi connectivity index (χ4v) is 3.45. The highest BCUT2D eigenvalue weighted by Crippen LogP contribution is 2.37. The van der Waals surface area contributed by atoms with E-state index in [-0.39, 0.29) is 17.5 Å². The lowest BCUT2D eigenvalue weighted by atomic mass is 10.1. The molecule has 0 aliphatic carbocycles. The number of hydrogen-bond acceptors (Lipinski definition) is 5. The second kappa shape index (κ2) is 5.87. The lowest BCUT2D eigenvalue weighted by molar-refractivity contribution is -0.147. The highest BCUT2D eigenvalue weighted by atomic mass is 32.2. The van der Waals surface area contributed by atoms with Crippen molar-refractivity contribution in [3.05, 3.63) is 0 Å². The number of nitrogens with zero attached hydrogens (tertiary/aromatic N) is 1. The second-order valence-electron chi connectivity index (χ2n) is 4.46. The van der Waals surface area contributed by atoms with Crippen LogP contribution in [0.1, 0.15) is 39.5 Å². The number of aliphatic imine (C=N–C) groups is 1. The standard InChI is InChI=1S/C12H19NO3S/c1-3-4-11-13-10-6-5-9(7-15-8(2)14)16-12(10)17-11/h9-10,12H,3-7H2,1-2H3/t9-,10-,12-/m1/s1. The number of esters is 1. The molecule has 5 heteroatoms. The molecule has 0 spiro atoms. The summed E-state index contributed by atoms with van der Waals surface area (Å²) in [4.78, 5) is 15.4. The molecule has 0 aromatic rings. The van der Waals surface area contributed by atoms with Gasteiger partial charge >= 0.3 is 5.97 Å². The van der Waals surface area contributed by atoms with Crippen molar-refractivity contribution in [1.82, 2.24) is 0 Å². The van der Waals surface area contributed by atoms with Crippen LogP contribution in [0.5, 0.6) is 0 Å². The summed E-state index contributed by atoms with van der Waals surface area (Å²) < 4.78 is 10.9. The van der Waals surface area contributed by atoms with E-state index in [0.29, 0.717) is 12.6 Å². The third-order valence-electron chi connectivity index (χ3n) is 2.92. The zero-order valence-electron chi connectivity index (χ0n) is 10.3. The van der Waals surface area contributed by atoms with E-state index < -0.39 is 0 Å². The first kappa shape index (κ1) is 12.9. The van der Waals surface area contributed by atoms with Crippen LogP contribution < -0.4 is 0 Å². The van der Waals surface area contributed by atoms with Gasteiger partial charge in [0.05, 0.1) is 17.2 Å². The van der Waals surface area contributed by atoms with Crippen molar-refractivity contribution in [2.24, 2.45) is 4.99 Å². The summed E-state index contributed by atoms with van der Waals surface area (Å²) in [5, 5.41) is 1.22. The fourth-order valence-electron chi connectivity index (χ4n) is 2.09. The number of thioether (sulfide) groups is 1. The number of hydrogen-bond donors (Lipinski definition) is 0. The Morgan fingerprint density at radius 2 is 2.41 bits per heavy atom. The summed E-state index contributed by atoms with van der Waals surface area (Å²) in [7, 11) is 0. The molecule has 0 unspecified atom stereocenters. The van der Waals surface area contributed by atoms with E-state index in [1.807, 2.05) is 0 Å². The van der Waals surface area contributed by atoms with Gasteiger partial charge in [0.1, 0.15) is 12.0 Å². The first-order chi connectivity index (χ1) is 8.19. The maximum absolute atomic E-state index is 10.7. The van der Waals surface area contributed by atoms with Gasteiger partial charge in [0.25, 0.3) is 0 Å². The lowest BCUT2D eigenvalue weighted by Gasteiger charge is -2.30. The molecule has 0 aromatic carbocycles. The Morgan fingerprint density at radius 1 is 1.59 bits per heavy atom. The van der Waals surface area contributed by atoms with Crippen molar-refractivity contribution in [1.29, 1.82) is 0 Å². The Morgan fingerprint density at radius 3 is 3.12 bits per heavy atom. The molecule has 0 N–H and O–H groups in total. The average Bonchev–Trinajstić information content (AvgIpc) is 2.68. The molecule has 0 aromatic heterocycles. The lowest BCUT2D eigenvalue weighted by Crippen LogP contribution is -2.36. The van der Waals surface area contributed by atoms with Crippen LogP contribution in [0.15, 0.2) is 4.99 Å². The van der Waals surface area contributed by atoms with Crippen LogP contribution in [-0.4, -0.2) is 35.2 Å². The second-order valence-corrected chi connectivity index (χ2v) is 5.64. The predicted octanol–water partition coefficient (Wildman–Crippen LogP) is 2.37. The van der Waals surface area contributed by atoms with Crippen molar-refractivity contribution < 1.29 is 14.3 Å². The van der Waals surface area contributed by atoms with E-state index in [9.17, 15) is 4.79 Å². The highest BCUT2D eigenvalue weighted by Gasteiger charge is 2.36. The molecular weight excluding hydrogens is 238 g/mol. The van der Waals surface area contributed by atoms with Crippen LogP contribution in [0.4, 0.5) is 0 Å². The minimum absolute atomic E-state index is 0.0452. The Labute approximate surface area is 106 Å². The SMILES string of the molecule is CCCC1=N[C@@H]2CC[C@H](COC(C)=O)O[C@@H]2S1. The number of fused-ring (bicyclic) bond motifs is 1. The van der Waals surface area contributed by atoms with Gasteiger partial charge in [-0.3, -0.25) is 9.79 Å².